The van der Waals surface area contributed by atoms with Gasteiger partial charge in [0.15, 0.2) is 25.6 Å². The third kappa shape index (κ3) is 4.09. The fourth-order valence-electron chi connectivity index (χ4n) is 3.55. The summed E-state index contributed by atoms with van der Waals surface area (Å²) in [5.41, 5.74) is 1.23. The molecule has 1 spiro atoms. The molecule has 0 unspecified atom stereocenters. The molecule has 1 aromatic carbocycles. The molecule has 1 aliphatic carbocycles. The monoisotopic (exact) mass is 414 g/mol. The van der Waals surface area contributed by atoms with E-state index in [0.29, 0.717) is 24.5 Å². The Bertz CT molecular complexity index is 873. The summed E-state index contributed by atoms with van der Waals surface area (Å²) in [6.45, 7) is 11.7. The predicted molar refractivity (Wildman–Crippen MR) is 115 cm³/mol. The first kappa shape index (κ1) is 21.5. The zero-order valence-electron chi connectivity index (χ0n) is 18.1. The highest BCUT2D eigenvalue weighted by molar-refractivity contribution is 6.74. The van der Waals surface area contributed by atoms with Gasteiger partial charge in [0, 0.05) is 17.6 Å². The summed E-state index contributed by atoms with van der Waals surface area (Å²) in [5.74, 6) is 0.536. The van der Waals surface area contributed by atoms with Gasteiger partial charge in [-0.15, -0.1) is 0 Å². The molecule has 0 radical (unpaired) electrons. The minimum Gasteiger partial charge on any atom is -0.493 e. The minimum atomic E-state index is -1.86. The van der Waals surface area contributed by atoms with E-state index in [0.717, 1.165) is 11.1 Å². The van der Waals surface area contributed by atoms with Crippen LogP contribution in [0.25, 0.3) is 0 Å². The van der Waals surface area contributed by atoms with Gasteiger partial charge in [0.2, 0.25) is 0 Å². The smallest absolute Gasteiger partial charge is 0.312 e. The number of fused-ring (bicyclic) bond motifs is 2. The molecule has 156 valence electrons. The predicted octanol–water partition coefficient (Wildman–Crippen LogP) is 4.50. The number of benzene rings is 1. The highest BCUT2D eigenvalue weighted by Gasteiger charge is 2.42. The Hall–Kier alpha value is -2.18. The van der Waals surface area contributed by atoms with Crippen molar-refractivity contribution in [2.24, 2.45) is 0 Å². The molecule has 0 N–H and O–H groups in total. The summed E-state index contributed by atoms with van der Waals surface area (Å²) in [6.07, 6.45) is 7.52. The summed E-state index contributed by atoms with van der Waals surface area (Å²) >= 11 is 0. The molecule has 0 atom stereocenters. The molecular weight excluding hydrogens is 384 g/mol. The van der Waals surface area contributed by atoms with Crippen LogP contribution in [-0.4, -0.2) is 33.8 Å². The Balaban J connectivity index is 1.99. The maximum atomic E-state index is 12.4. The Morgan fingerprint density at radius 2 is 1.79 bits per heavy atom. The first-order valence-corrected chi connectivity index (χ1v) is 12.9. The maximum absolute atomic E-state index is 12.4. The zero-order valence-corrected chi connectivity index (χ0v) is 19.1. The topological polar surface area (TPSA) is 61.8 Å². The van der Waals surface area contributed by atoms with Crippen LogP contribution in [-0.2, 0) is 25.9 Å². The molecule has 0 aromatic heterocycles. The van der Waals surface area contributed by atoms with E-state index in [1.165, 1.54) is 12.2 Å². The third-order valence-corrected chi connectivity index (χ3v) is 10.8. The lowest BCUT2D eigenvalue weighted by molar-refractivity contribution is -0.136. The molecule has 1 aliphatic heterocycles. The van der Waals surface area contributed by atoms with Gasteiger partial charge in [0.25, 0.3) is 0 Å². The number of methoxy groups -OCH3 is 1. The summed E-state index contributed by atoms with van der Waals surface area (Å²) in [5, 5.41) is 0.137. The average Bonchev–Trinajstić information content (AvgIpc) is 2.63. The van der Waals surface area contributed by atoms with Crippen molar-refractivity contribution in [2.45, 2.75) is 57.2 Å². The van der Waals surface area contributed by atoms with E-state index in [1.54, 1.807) is 7.11 Å². The van der Waals surface area contributed by atoms with E-state index in [-0.39, 0.29) is 23.2 Å². The zero-order chi connectivity index (χ0) is 21.4. The van der Waals surface area contributed by atoms with Crippen molar-refractivity contribution >= 4 is 20.1 Å². The van der Waals surface area contributed by atoms with Gasteiger partial charge in [-0.3, -0.25) is 9.59 Å². The largest absolute Gasteiger partial charge is 0.493 e. The van der Waals surface area contributed by atoms with Gasteiger partial charge in [-0.2, -0.15) is 0 Å². The van der Waals surface area contributed by atoms with E-state index >= 15 is 0 Å². The number of hydrogen-bond donors (Lipinski definition) is 0. The van der Waals surface area contributed by atoms with Crippen LogP contribution >= 0.6 is 0 Å². The van der Waals surface area contributed by atoms with Crippen molar-refractivity contribution in [1.29, 1.82) is 0 Å². The fraction of sp³-hybridized carbons (Fsp3) is 0.478. The molecular formula is C23H30O5Si. The molecule has 0 amide bonds. The Kier molecular flexibility index (Phi) is 5.62. The number of esters is 1. The summed E-state index contributed by atoms with van der Waals surface area (Å²) in [7, 11) is -0.306. The van der Waals surface area contributed by atoms with Crippen molar-refractivity contribution in [3.05, 3.63) is 47.6 Å². The van der Waals surface area contributed by atoms with Gasteiger partial charge < -0.3 is 13.9 Å². The molecule has 0 saturated heterocycles. The average molecular weight is 415 g/mol. The van der Waals surface area contributed by atoms with Crippen molar-refractivity contribution in [2.75, 3.05) is 13.7 Å². The number of ether oxygens (including phenoxy) is 2. The van der Waals surface area contributed by atoms with Crippen molar-refractivity contribution in [1.82, 2.24) is 0 Å². The summed E-state index contributed by atoms with van der Waals surface area (Å²) in [6, 6.07) is 3.83. The quantitative estimate of drug-likeness (QED) is 0.403. The Morgan fingerprint density at radius 3 is 2.38 bits per heavy atom. The third-order valence-electron chi connectivity index (χ3n) is 6.28. The number of carbonyl (C=O) groups is 2. The van der Waals surface area contributed by atoms with Crippen molar-refractivity contribution in [3.8, 4) is 11.5 Å². The van der Waals surface area contributed by atoms with Crippen LogP contribution < -0.4 is 9.47 Å². The second kappa shape index (κ2) is 7.57. The normalized spacial score (nSPS) is 18.0. The molecule has 1 heterocycles. The lowest BCUT2D eigenvalue weighted by Crippen LogP contribution is -2.41. The van der Waals surface area contributed by atoms with Crippen LogP contribution in [0.5, 0.6) is 11.5 Å². The molecule has 3 rings (SSSR count). The van der Waals surface area contributed by atoms with Gasteiger partial charge in [0.05, 0.1) is 13.5 Å². The van der Waals surface area contributed by atoms with Crippen LogP contribution in [0, 0.1) is 0 Å². The lowest BCUT2D eigenvalue weighted by Gasteiger charge is -2.38. The van der Waals surface area contributed by atoms with Gasteiger partial charge >= 0.3 is 5.97 Å². The van der Waals surface area contributed by atoms with Crippen molar-refractivity contribution < 1.29 is 23.5 Å². The number of hydrogen-bond acceptors (Lipinski definition) is 5. The van der Waals surface area contributed by atoms with E-state index < -0.39 is 13.7 Å². The second-order valence-corrected chi connectivity index (χ2v) is 14.1. The second-order valence-electron chi connectivity index (χ2n) is 9.25. The first-order valence-electron chi connectivity index (χ1n) is 9.96. The summed E-state index contributed by atoms with van der Waals surface area (Å²) < 4.78 is 17.4. The van der Waals surface area contributed by atoms with Crippen LogP contribution in [0.3, 0.4) is 0 Å². The van der Waals surface area contributed by atoms with Crippen LogP contribution in [0.1, 0.15) is 38.3 Å². The van der Waals surface area contributed by atoms with E-state index in [2.05, 4.69) is 33.9 Å². The number of ketones is 1. The van der Waals surface area contributed by atoms with Crippen molar-refractivity contribution in [3.63, 3.8) is 0 Å². The standard InChI is InChI=1S/C23H30O5Si/c1-22(2,3)29(5,6)27-14-11-16-7-8-18(26-4)21-20(16)23(15-19(25)28-21)12-9-17(24)10-13-23/h7-10,12-13H,11,14-15H2,1-6H3. The molecule has 5 nitrogen and oxygen atoms in total. The Morgan fingerprint density at radius 1 is 1.14 bits per heavy atom. The van der Waals surface area contributed by atoms with Gasteiger partial charge in [0.1, 0.15) is 0 Å². The highest BCUT2D eigenvalue weighted by Crippen LogP contribution is 2.49. The van der Waals surface area contributed by atoms with Crippen LogP contribution in [0.4, 0.5) is 0 Å². The van der Waals surface area contributed by atoms with Gasteiger partial charge in [-0.05, 0) is 48.3 Å². The van der Waals surface area contributed by atoms with Gasteiger partial charge in [-0.25, -0.2) is 0 Å². The van der Waals surface area contributed by atoms with Gasteiger partial charge in [-0.1, -0.05) is 39.0 Å². The highest BCUT2D eigenvalue weighted by atomic mass is 28.4. The molecule has 1 aromatic rings. The fourth-order valence-corrected chi connectivity index (χ4v) is 4.60. The first-order chi connectivity index (χ1) is 13.5. The lowest BCUT2D eigenvalue weighted by atomic mass is 9.71. The summed E-state index contributed by atoms with van der Waals surface area (Å²) in [4.78, 5) is 24.1. The molecule has 0 saturated carbocycles. The number of allylic oxidation sites excluding steroid dienone is 4. The van der Waals surface area contributed by atoms with Crippen LogP contribution in [0.2, 0.25) is 18.1 Å². The van der Waals surface area contributed by atoms with Crippen LogP contribution in [0.15, 0.2) is 36.4 Å². The number of carbonyl (C=O) groups excluding carboxylic acids is 2. The Labute approximate surface area is 173 Å². The van der Waals surface area contributed by atoms with E-state index in [1.807, 2.05) is 24.3 Å². The molecule has 0 fully saturated rings. The number of rotatable bonds is 5. The van der Waals surface area contributed by atoms with E-state index in [4.69, 9.17) is 13.9 Å². The maximum Gasteiger partial charge on any atom is 0.312 e. The molecule has 0 bridgehead atoms. The molecule has 2 aliphatic rings. The molecule has 6 heteroatoms. The minimum absolute atomic E-state index is 0.0816. The molecule has 29 heavy (non-hydrogen) atoms. The SMILES string of the molecule is COc1ccc(CCO[Si](C)(C)C(C)(C)C)c2c1OC(=O)CC21C=CC(=O)C=C1. The van der Waals surface area contributed by atoms with E-state index in [9.17, 15) is 9.59 Å².